The highest BCUT2D eigenvalue weighted by atomic mass is 16.6. The zero-order valence-electron chi connectivity index (χ0n) is 12.8. The summed E-state index contributed by atoms with van der Waals surface area (Å²) in [7, 11) is 0. The van der Waals surface area contributed by atoms with Gasteiger partial charge in [-0.2, -0.15) is 0 Å². The summed E-state index contributed by atoms with van der Waals surface area (Å²) >= 11 is 0. The van der Waals surface area contributed by atoms with Crippen molar-refractivity contribution < 1.29 is 19.6 Å². The van der Waals surface area contributed by atoms with Crippen molar-refractivity contribution in [1.82, 2.24) is 5.32 Å². The van der Waals surface area contributed by atoms with Gasteiger partial charge in [-0.05, 0) is 12.1 Å². The van der Waals surface area contributed by atoms with Gasteiger partial charge in [0.05, 0.1) is 11.3 Å². The van der Waals surface area contributed by atoms with E-state index >= 15 is 0 Å². The molecule has 0 unspecified atom stereocenters. The third kappa shape index (κ3) is 4.47. The Labute approximate surface area is 138 Å². The van der Waals surface area contributed by atoms with Crippen molar-refractivity contribution in [3.05, 3.63) is 75.3 Å². The first-order chi connectivity index (χ1) is 11.5. The van der Waals surface area contributed by atoms with Crippen LogP contribution < -0.4 is 5.32 Å². The molecule has 0 saturated heterocycles. The number of carboxylic acids is 1. The van der Waals surface area contributed by atoms with Gasteiger partial charge in [0.25, 0.3) is 5.69 Å². The monoisotopic (exact) mass is 328 g/mol. The number of nitrogens with one attached hydrogen (secondary N) is 1. The number of hydrogen-bond acceptors (Lipinski definition) is 5. The number of benzene rings is 2. The molecule has 0 aliphatic carbocycles. The lowest BCUT2D eigenvalue weighted by Crippen LogP contribution is -2.18. The number of aliphatic carboxylic acids is 1. The average molecular weight is 328 g/mol. The van der Waals surface area contributed by atoms with Gasteiger partial charge in [-0.1, -0.05) is 30.3 Å². The van der Waals surface area contributed by atoms with E-state index in [0.717, 1.165) is 0 Å². The molecule has 0 aliphatic rings. The Kier molecular flexibility index (Phi) is 5.75. The van der Waals surface area contributed by atoms with Crippen LogP contribution in [-0.2, 0) is 11.3 Å². The highest BCUT2D eigenvalue weighted by Crippen LogP contribution is 2.21. The van der Waals surface area contributed by atoms with Crippen molar-refractivity contribution in [2.75, 3.05) is 6.54 Å². The van der Waals surface area contributed by atoms with E-state index in [1.807, 2.05) is 0 Å². The topological polar surface area (TPSA) is 110 Å². The summed E-state index contributed by atoms with van der Waals surface area (Å²) in [4.78, 5) is 33.5. The maximum absolute atomic E-state index is 12.4. The minimum atomic E-state index is -0.954. The molecule has 0 saturated carbocycles. The molecule has 0 bridgehead atoms. The largest absolute Gasteiger partial charge is 0.481 e. The standard InChI is InChI=1S/C17H16N2O5/c20-16(21)8-9-18-11-14-10-13(6-7-15(14)19(23)24)17(22)12-4-2-1-3-5-12/h1-7,10,18H,8-9,11H2,(H,20,21). The highest BCUT2D eigenvalue weighted by Gasteiger charge is 2.17. The van der Waals surface area contributed by atoms with Crippen molar-refractivity contribution >= 4 is 17.4 Å². The van der Waals surface area contributed by atoms with E-state index in [9.17, 15) is 19.7 Å². The predicted octanol–water partition coefficient (Wildman–Crippen LogP) is 2.39. The van der Waals surface area contributed by atoms with E-state index < -0.39 is 10.9 Å². The second kappa shape index (κ2) is 7.98. The number of ketones is 1. The van der Waals surface area contributed by atoms with Gasteiger partial charge in [0.15, 0.2) is 5.78 Å². The van der Waals surface area contributed by atoms with Crippen molar-refractivity contribution in [2.45, 2.75) is 13.0 Å². The fourth-order valence-corrected chi connectivity index (χ4v) is 2.22. The van der Waals surface area contributed by atoms with Crippen LogP contribution in [0.2, 0.25) is 0 Å². The van der Waals surface area contributed by atoms with Gasteiger partial charge < -0.3 is 10.4 Å². The van der Waals surface area contributed by atoms with Crippen molar-refractivity contribution in [2.24, 2.45) is 0 Å². The molecule has 124 valence electrons. The van der Waals surface area contributed by atoms with Gasteiger partial charge in [-0.25, -0.2) is 0 Å². The summed E-state index contributed by atoms with van der Waals surface area (Å²) in [5.74, 6) is -1.18. The average Bonchev–Trinajstić information content (AvgIpc) is 2.58. The van der Waals surface area contributed by atoms with E-state index in [4.69, 9.17) is 5.11 Å². The maximum atomic E-state index is 12.4. The Balaban J connectivity index is 2.22. The third-order valence-electron chi connectivity index (χ3n) is 3.41. The number of nitro benzene ring substituents is 1. The van der Waals surface area contributed by atoms with Gasteiger partial charge in [0.1, 0.15) is 0 Å². The molecule has 0 aromatic heterocycles. The summed E-state index contributed by atoms with van der Waals surface area (Å²) in [6, 6.07) is 12.8. The van der Waals surface area contributed by atoms with Crippen LogP contribution in [0.1, 0.15) is 27.9 Å². The van der Waals surface area contributed by atoms with Gasteiger partial charge >= 0.3 is 5.97 Å². The lowest BCUT2D eigenvalue weighted by atomic mass is 10.0. The quantitative estimate of drug-likeness (QED) is 0.333. The third-order valence-corrected chi connectivity index (χ3v) is 3.41. The predicted molar refractivity (Wildman–Crippen MR) is 86.9 cm³/mol. The number of rotatable bonds is 8. The highest BCUT2D eigenvalue weighted by molar-refractivity contribution is 6.09. The number of carboxylic acid groups (broad SMARTS) is 1. The van der Waals surface area contributed by atoms with Crippen molar-refractivity contribution in [1.29, 1.82) is 0 Å². The van der Waals surface area contributed by atoms with E-state index in [-0.39, 0.29) is 31.0 Å². The first-order valence-electron chi connectivity index (χ1n) is 7.28. The molecular formula is C17H16N2O5. The molecule has 2 aromatic carbocycles. The van der Waals surface area contributed by atoms with Crippen LogP contribution in [-0.4, -0.2) is 28.3 Å². The van der Waals surface area contributed by atoms with Gasteiger partial charge in [-0.3, -0.25) is 19.7 Å². The van der Waals surface area contributed by atoms with Crippen LogP contribution in [0.4, 0.5) is 5.69 Å². The Morgan fingerprint density at radius 2 is 1.79 bits per heavy atom. The SMILES string of the molecule is O=C(O)CCNCc1cc(C(=O)c2ccccc2)ccc1[N+](=O)[O-]. The lowest BCUT2D eigenvalue weighted by molar-refractivity contribution is -0.385. The van der Waals surface area contributed by atoms with E-state index in [2.05, 4.69) is 5.32 Å². The summed E-state index contributed by atoms with van der Waals surface area (Å²) in [5.41, 5.74) is 1.08. The Morgan fingerprint density at radius 1 is 1.08 bits per heavy atom. The minimum Gasteiger partial charge on any atom is -0.481 e. The Morgan fingerprint density at radius 3 is 2.42 bits per heavy atom. The molecule has 2 N–H and O–H groups in total. The normalized spacial score (nSPS) is 10.3. The number of hydrogen-bond donors (Lipinski definition) is 2. The van der Waals surface area contributed by atoms with Crippen LogP contribution in [0.3, 0.4) is 0 Å². The van der Waals surface area contributed by atoms with Crippen molar-refractivity contribution in [3.63, 3.8) is 0 Å². The molecular weight excluding hydrogens is 312 g/mol. The minimum absolute atomic E-state index is 0.0869. The van der Waals surface area contributed by atoms with Crippen LogP contribution in [0.25, 0.3) is 0 Å². The molecule has 0 aliphatic heterocycles. The van der Waals surface area contributed by atoms with Crippen molar-refractivity contribution in [3.8, 4) is 0 Å². The maximum Gasteiger partial charge on any atom is 0.304 e. The molecule has 2 rings (SSSR count). The second-order valence-electron chi connectivity index (χ2n) is 5.12. The molecule has 0 amide bonds. The second-order valence-corrected chi connectivity index (χ2v) is 5.12. The molecule has 0 fully saturated rings. The van der Waals surface area contributed by atoms with Crippen LogP contribution >= 0.6 is 0 Å². The molecule has 24 heavy (non-hydrogen) atoms. The molecule has 2 aromatic rings. The molecule has 7 nitrogen and oxygen atoms in total. The summed E-state index contributed by atoms with van der Waals surface area (Å²) in [5, 5.41) is 22.6. The molecule has 0 radical (unpaired) electrons. The first kappa shape index (κ1) is 17.3. The zero-order valence-corrected chi connectivity index (χ0v) is 12.8. The Bertz CT molecular complexity index is 759. The first-order valence-corrected chi connectivity index (χ1v) is 7.28. The molecule has 0 heterocycles. The Hall–Kier alpha value is -3.06. The number of nitro groups is 1. The van der Waals surface area contributed by atoms with Crippen LogP contribution in [0, 0.1) is 10.1 Å². The molecule has 0 atom stereocenters. The van der Waals surface area contributed by atoms with Gasteiger partial charge in [-0.15, -0.1) is 0 Å². The van der Waals surface area contributed by atoms with E-state index in [1.165, 1.54) is 18.2 Å². The lowest BCUT2D eigenvalue weighted by Gasteiger charge is -2.07. The van der Waals surface area contributed by atoms with Gasteiger partial charge in [0.2, 0.25) is 0 Å². The van der Waals surface area contributed by atoms with E-state index in [1.54, 1.807) is 30.3 Å². The van der Waals surface area contributed by atoms with Gasteiger partial charge in [0, 0.05) is 35.8 Å². The number of nitrogens with zero attached hydrogens (tertiary/aromatic N) is 1. The fraction of sp³-hybridized carbons (Fsp3) is 0.176. The number of carbonyl (C=O) groups excluding carboxylic acids is 1. The summed E-state index contributed by atoms with van der Waals surface area (Å²) in [6.07, 6.45) is -0.0869. The van der Waals surface area contributed by atoms with E-state index in [0.29, 0.717) is 16.7 Å². The smallest absolute Gasteiger partial charge is 0.304 e. The number of carbonyl (C=O) groups is 2. The summed E-state index contributed by atoms with van der Waals surface area (Å²) in [6.45, 7) is 0.294. The fourth-order valence-electron chi connectivity index (χ4n) is 2.22. The summed E-state index contributed by atoms with van der Waals surface area (Å²) < 4.78 is 0. The molecule has 7 heteroatoms. The van der Waals surface area contributed by atoms with Crippen LogP contribution in [0.15, 0.2) is 48.5 Å². The molecule has 0 spiro atoms. The zero-order chi connectivity index (χ0) is 17.5. The van der Waals surface area contributed by atoms with Crippen LogP contribution in [0.5, 0.6) is 0 Å².